The molecule has 1 aliphatic rings. The van der Waals surface area contributed by atoms with E-state index >= 15 is 0 Å². The third-order valence-corrected chi connectivity index (χ3v) is 5.30. The van der Waals surface area contributed by atoms with Gasteiger partial charge in [0.25, 0.3) is 0 Å². The van der Waals surface area contributed by atoms with Crippen molar-refractivity contribution in [1.29, 1.82) is 0 Å². The van der Waals surface area contributed by atoms with Crippen molar-refractivity contribution in [3.8, 4) is 0 Å². The van der Waals surface area contributed by atoms with Crippen LogP contribution >= 0.6 is 11.8 Å². The number of aromatic nitrogens is 3. The van der Waals surface area contributed by atoms with Crippen molar-refractivity contribution in [2.45, 2.75) is 30.3 Å². The summed E-state index contributed by atoms with van der Waals surface area (Å²) in [6.07, 6.45) is 0.978. The minimum absolute atomic E-state index is 0.331. The molecule has 0 aliphatic carbocycles. The summed E-state index contributed by atoms with van der Waals surface area (Å²) in [4.78, 5) is 4.26. The predicted molar refractivity (Wildman–Crippen MR) is 94.7 cm³/mol. The van der Waals surface area contributed by atoms with Crippen LogP contribution in [-0.4, -0.2) is 20.5 Å². The van der Waals surface area contributed by atoms with Crippen LogP contribution in [-0.2, 0) is 16.9 Å². The smallest absolute Gasteiger partial charge is 0.186 e. The molecule has 1 aromatic heterocycles. The van der Waals surface area contributed by atoms with E-state index in [2.05, 4.69) is 10.1 Å². The first-order valence-electron chi connectivity index (χ1n) is 8.33. The van der Waals surface area contributed by atoms with E-state index in [1.54, 1.807) is 46.8 Å². The molecule has 0 bridgehead atoms. The molecule has 0 amide bonds. The summed E-state index contributed by atoms with van der Waals surface area (Å²) in [6.45, 7) is 2.36. The fourth-order valence-corrected chi connectivity index (χ4v) is 3.83. The SMILES string of the molecule is CCSc1ncnn1CC1(c2cccc(F)c2)OC1c1ccccc1F. The quantitative estimate of drug-likeness (QED) is 0.476. The molecule has 3 aromatic rings. The number of halogens is 2. The number of hydrogen-bond acceptors (Lipinski definition) is 4. The Morgan fingerprint density at radius 3 is 2.81 bits per heavy atom. The van der Waals surface area contributed by atoms with Crippen LogP contribution in [0.3, 0.4) is 0 Å². The molecule has 1 fully saturated rings. The first-order chi connectivity index (χ1) is 12.6. The van der Waals surface area contributed by atoms with E-state index in [4.69, 9.17) is 4.74 Å². The van der Waals surface area contributed by atoms with Gasteiger partial charge in [0.2, 0.25) is 0 Å². The number of nitrogens with zero attached hydrogens (tertiary/aromatic N) is 3. The third-order valence-electron chi connectivity index (χ3n) is 4.43. The highest BCUT2D eigenvalue weighted by molar-refractivity contribution is 7.99. The van der Waals surface area contributed by atoms with Crippen molar-refractivity contribution < 1.29 is 13.5 Å². The van der Waals surface area contributed by atoms with E-state index in [0.29, 0.717) is 17.7 Å². The van der Waals surface area contributed by atoms with Crippen molar-refractivity contribution in [3.05, 3.63) is 77.6 Å². The first-order valence-corrected chi connectivity index (χ1v) is 9.31. The van der Waals surface area contributed by atoms with E-state index in [9.17, 15) is 8.78 Å². The van der Waals surface area contributed by atoms with Crippen molar-refractivity contribution in [2.24, 2.45) is 0 Å². The summed E-state index contributed by atoms with van der Waals surface area (Å²) in [6, 6.07) is 12.8. The highest BCUT2D eigenvalue weighted by Crippen LogP contribution is 2.58. The van der Waals surface area contributed by atoms with Gasteiger partial charge in [0.15, 0.2) is 5.16 Å². The van der Waals surface area contributed by atoms with Gasteiger partial charge in [-0.25, -0.2) is 18.4 Å². The third kappa shape index (κ3) is 3.01. The molecule has 134 valence electrons. The molecule has 0 N–H and O–H groups in total. The number of rotatable bonds is 6. The van der Waals surface area contributed by atoms with Gasteiger partial charge in [-0.05, 0) is 29.5 Å². The molecule has 2 atom stereocenters. The molecule has 1 aliphatic heterocycles. The minimum Gasteiger partial charge on any atom is -0.354 e. The Labute approximate surface area is 154 Å². The summed E-state index contributed by atoms with van der Waals surface area (Å²) in [5.41, 5.74) is 0.247. The molecule has 4 rings (SSSR count). The highest BCUT2D eigenvalue weighted by Gasteiger charge is 2.60. The fraction of sp³-hybridized carbons (Fsp3) is 0.263. The molecule has 2 unspecified atom stereocenters. The zero-order valence-electron chi connectivity index (χ0n) is 14.1. The number of hydrogen-bond donors (Lipinski definition) is 0. The Kier molecular flexibility index (Phi) is 4.50. The second-order valence-electron chi connectivity index (χ2n) is 6.05. The lowest BCUT2D eigenvalue weighted by atomic mass is 9.91. The summed E-state index contributed by atoms with van der Waals surface area (Å²) in [5.74, 6) is 0.160. The Morgan fingerprint density at radius 2 is 2.04 bits per heavy atom. The van der Waals surface area contributed by atoms with Crippen LogP contribution in [0.5, 0.6) is 0 Å². The van der Waals surface area contributed by atoms with Gasteiger partial charge in [0, 0.05) is 5.56 Å². The van der Waals surface area contributed by atoms with Gasteiger partial charge in [-0.1, -0.05) is 49.0 Å². The lowest BCUT2D eigenvalue weighted by molar-refractivity contribution is 0.255. The average molecular weight is 373 g/mol. The van der Waals surface area contributed by atoms with Crippen molar-refractivity contribution in [1.82, 2.24) is 14.8 Å². The Bertz CT molecular complexity index is 932. The van der Waals surface area contributed by atoms with Crippen LogP contribution in [0.15, 0.2) is 60.0 Å². The number of benzene rings is 2. The standard InChI is InChI=1S/C19H17F2N3OS/c1-2-26-18-22-12-23-24(18)11-19(13-6-5-7-14(20)10-13)17(25-19)15-8-3-4-9-16(15)21/h3-10,12,17H,2,11H2,1H3. The molecule has 0 spiro atoms. The van der Waals surface area contributed by atoms with E-state index in [0.717, 1.165) is 10.9 Å². The minimum atomic E-state index is -0.874. The number of thioether (sulfide) groups is 1. The summed E-state index contributed by atoms with van der Waals surface area (Å²) in [7, 11) is 0. The van der Waals surface area contributed by atoms with E-state index in [1.165, 1.54) is 24.5 Å². The zero-order chi connectivity index (χ0) is 18.1. The lowest BCUT2D eigenvalue weighted by Gasteiger charge is -2.15. The number of ether oxygens (including phenoxy) is 1. The normalized spacial score (nSPS) is 21.7. The van der Waals surface area contributed by atoms with Crippen LogP contribution in [0, 0.1) is 11.6 Å². The maximum atomic E-state index is 14.3. The zero-order valence-corrected chi connectivity index (χ0v) is 14.9. The molecule has 4 nitrogen and oxygen atoms in total. The predicted octanol–water partition coefficient (Wildman–Crippen LogP) is 4.34. The lowest BCUT2D eigenvalue weighted by Crippen LogP contribution is -2.21. The first kappa shape index (κ1) is 17.2. The van der Waals surface area contributed by atoms with Crippen LogP contribution in [0.25, 0.3) is 0 Å². The molecule has 26 heavy (non-hydrogen) atoms. The molecule has 2 heterocycles. The van der Waals surface area contributed by atoms with Gasteiger partial charge in [-0.3, -0.25) is 0 Å². The Morgan fingerprint density at radius 1 is 1.19 bits per heavy atom. The Balaban J connectivity index is 1.74. The largest absolute Gasteiger partial charge is 0.354 e. The molecule has 1 saturated heterocycles. The van der Waals surface area contributed by atoms with Gasteiger partial charge in [0.1, 0.15) is 29.7 Å². The van der Waals surface area contributed by atoms with E-state index in [1.807, 2.05) is 6.92 Å². The summed E-state index contributed by atoms with van der Waals surface area (Å²) in [5, 5.41) is 5.03. The van der Waals surface area contributed by atoms with Crippen LogP contribution in [0.4, 0.5) is 8.78 Å². The molecule has 2 aromatic carbocycles. The Hall–Kier alpha value is -2.25. The second kappa shape index (κ2) is 6.81. The van der Waals surface area contributed by atoms with Crippen LogP contribution in [0.2, 0.25) is 0 Å². The van der Waals surface area contributed by atoms with Gasteiger partial charge in [0.05, 0.1) is 6.54 Å². The van der Waals surface area contributed by atoms with Crippen LogP contribution < -0.4 is 0 Å². The maximum Gasteiger partial charge on any atom is 0.186 e. The molecule has 7 heteroatoms. The molecular formula is C19H17F2N3OS. The topological polar surface area (TPSA) is 43.2 Å². The van der Waals surface area contributed by atoms with Gasteiger partial charge in [-0.15, -0.1) is 0 Å². The maximum absolute atomic E-state index is 14.3. The monoisotopic (exact) mass is 373 g/mol. The van der Waals surface area contributed by atoms with Gasteiger partial charge in [-0.2, -0.15) is 5.10 Å². The van der Waals surface area contributed by atoms with E-state index in [-0.39, 0.29) is 11.6 Å². The van der Waals surface area contributed by atoms with Crippen LogP contribution in [0.1, 0.15) is 24.2 Å². The molecule has 0 saturated carbocycles. The van der Waals surface area contributed by atoms with Gasteiger partial charge < -0.3 is 4.74 Å². The molecular weight excluding hydrogens is 356 g/mol. The van der Waals surface area contributed by atoms with Crippen molar-refractivity contribution in [2.75, 3.05) is 5.75 Å². The van der Waals surface area contributed by atoms with E-state index < -0.39 is 11.7 Å². The highest BCUT2D eigenvalue weighted by atomic mass is 32.2. The molecule has 0 radical (unpaired) electrons. The van der Waals surface area contributed by atoms with Crippen molar-refractivity contribution >= 4 is 11.8 Å². The fourth-order valence-electron chi connectivity index (χ4n) is 3.19. The second-order valence-corrected chi connectivity index (χ2v) is 7.28. The van der Waals surface area contributed by atoms with Gasteiger partial charge >= 0.3 is 0 Å². The number of epoxide rings is 1. The average Bonchev–Trinajstić information content (AvgIpc) is 3.20. The summed E-state index contributed by atoms with van der Waals surface area (Å²) < 4.78 is 35.9. The van der Waals surface area contributed by atoms with Crippen molar-refractivity contribution in [3.63, 3.8) is 0 Å². The summed E-state index contributed by atoms with van der Waals surface area (Å²) >= 11 is 1.56.